The third kappa shape index (κ3) is 5.34. The minimum Gasteiger partial charge on any atom is -0.495 e. The monoisotopic (exact) mass is 417 g/mol. The summed E-state index contributed by atoms with van der Waals surface area (Å²) in [6.07, 6.45) is 4.65. The normalized spacial score (nSPS) is 18.6. The molecule has 9 heteroatoms. The number of benzene rings is 1. The van der Waals surface area contributed by atoms with Crippen LogP contribution in [-0.2, 0) is 10.0 Å². The molecule has 1 aliphatic carbocycles. The molecule has 1 aromatic carbocycles. The molecular formula is C18H28ClN3O4S. The van der Waals surface area contributed by atoms with Gasteiger partial charge < -0.3 is 15.0 Å². The van der Waals surface area contributed by atoms with Gasteiger partial charge in [0.15, 0.2) is 0 Å². The van der Waals surface area contributed by atoms with Crippen LogP contribution in [0.2, 0.25) is 0 Å². The van der Waals surface area contributed by atoms with Gasteiger partial charge in [-0.2, -0.15) is 0 Å². The largest absolute Gasteiger partial charge is 0.495 e. The average Bonchev–Trinajstić information content (AvgIpc) is 2.98. The van der Waals surface area contributed by atoms with Crippen LogP contribution < -0.4 is 14.8 Å². The van der Waals surface area contributed by atoms with Gasteiger partial charge >= 0.3 is 0 Å². The van der Waals surface area contributed by atoms with Crippen LogP contribution in [0.4, 0.5) is 0 Å². The fourth-order valence-electron chi connectivity index (χ4n) is 3.58. The summed E-state index contributed by atoms with van der Waals surface area (Å²) in [5.74, 6) is 0.109. The van der Waals surface area contributed by atoms with Gasteiger partial charge in [-0.15, -0.1) is 12.4 Å². The summed E-state index contributed by atoms with van der Waals surface area (Å²) in [4.78, 5) is 14.6. The molecule has 1 heterocycles. The maximum Gasteiger partial charge on any atom is 0.253 e. The Kier molecular flexibility index (Phi) is 7.91. The van der Waals surface area contributed by atoms with Crippen molar-refractivity contribution in [3.8, 4) is 5.75 Å². The standard InChI is InChI=1S/C18H27N3O4S.ClH/c1-25-16-8-7-14(18(22)21-11-4-9-19-10-12-21)13-17(16)26(23,24)20-15-5-2-3-6-15;/h7-8,13,15,19-20H,2-6,9-12H2,1H3;1H. The number of hydrogen-bond donors (Lipinski definition) is 2. The van der Waals surface area contributed by atoms with Crippen molar-refractivity contribution >= 4 is 28.3 Å². The molecule has 2 aliphatic rings. The lowest BCUT2D eigenvalue weighted by Crippen LogP contribution is -2.35. The molecule has 2 N–H and O–H groups in total. The Morgan fingerprint density at radius 1 is 1.19 bits per heavy atom. The van der Waals surface area contributed by atoms with Crippen molar-refractivity contribution in [3.63, 3.8) is 0 Å². The predicted molar refractivity (Wildman–Crippen MR) is 106 cm³/mol. The first kappa shape index (κ1) is 21.9. The molecule has 0 aromatic heterocycles. The Bertz CT molecular complexity index is 743. The minimum absolute atomic E-state index is 0. The van der Waals surface area contributed by atoms with E-state index in [-0.39, 0.29) is 35.0 Å². The maximum atomic E-state index is 12.8. The summed E-state index contributed by atoms with van der Waals surface area (Å²) in [5.41, 5.74) is 0.375. The molecule has 0 atom stereocenters. The van der Waals surface area contributed by atoms with Crippen molar-refractivity contribution in [3.05, 3.63) is 23.8 Å². The number of rotatable bonds is 5. The van der Waals surface area contributed by atoms with Gasteiger partial charge in [0.05, 0.1) is 7.11 Å². The first-order chi connectivity index (χ1) is 12.5. The molecule has 0 unspecified atom stereocenters. The lowest BCUT2D eigenvalue weighted by atomic mass is 10.2. The Balaban J connectivity index is 0.00000261. The van der Waals surface area contributed by atoms with Gasteiger partial charge in [0.25, 0.3) is 5.91 Å². The first-order valence-electron chi connectivity index (χ1n) is 9.21. The molecule has 1 aliphatic heterocycles. The molecule has 1 saturated heterocycles. The van der Waals surface area contributed by atoms with E-state index in [4.69, 9.17) is 4.74 Å². The molecule has 3 rings (SSSR count). The summed E-state index contributed by atoms with van der Waals surface area (Å²) in [6.45, 7) is 2.92. The smallest absolute Gasteiger partial charge is 0.253 e. The van der Waals surface area contributed by atoms with E-state index in [9.17, 15) is 13.2 Å². The summed E-state index contributed by atoms with van der Waals surface area (Å²) < 4.78 is 33.7. The van der Waals surface area contributed by atoms with E-state index in [0.29, 0.717) is 18.7 Å². The molecule has 1 amide bonds. The second-order valence-corrected chi connectivity index (χ2v) is 8.55. The first-order valence-corrected chi connectivity index (χ1v) is 10.7. The SMILES string of the molecule is COc1ccc(C(=O)N2CCCNCC2)cc1S(=O)(=O)NC1CCCC1.Cl. The second-order valence-electron chi connectivity index (χ2n) is 6.86. The highest BCUT2D eigenvalue weighted by atomic mass is 35.5. The summed E-state index contributed by atoms with van der Waals surface area (Å²) in [5, 5.41) is 3.26. The van der Waals surface area contributed by atoms with Crippen molar-refractivity contribution in [1.29, 1.82) is 0 Å². The van der Waals surface area contributed by atoms with Gasteiger partial charge in [-0.3, -0.25) is 4.79 Å². The van der Waals surface area contributed by atoms with E-state index in [2.05, 4.69) is 10.0 Å². The van der Waals surface area contributed by atoms with Crippen LogP contribution >= 0.6 is 12.4 Å². The van der Waals surface area contributed by atoms with Crippen molar-refractivity contribution < 1.29 is 17.9 Å². The minimum atomic E-state index is -3.74. The van der Waals surface area contributed by atoms with E-state index >= 15 is 0 Å². The van der Waals surface area contributed by atoms with Crippen molar-refractivity contribution in [2.45, 2.75) is 43.0 Å². The molecule has 0 radical (unpaired) electrons. The fraction of sp³-hybridized carbons (Fsp3) is 0.611. The molecule has 1 saturated carbocycles. The van der Waals surface area contributed by atoms with Crippen LogP contribution in [0, 0.1) is 0 Å². The highest BCUT2D eigenvalue weighted by molar-refractivity contribution is 7.89. The number of ether oxygens (including phenoxy) is 1. The Labute approximate surface area is 167 Å². The van der Waals surface area contributed by atoms with Gasteiger partial charge in [0, 0.05) is 31.2 Å². The zero-order chi connectivity index (χ0) is 18.6. The molecular weight excluding hydrogens is 390 g/mol. The number of methoxy groups -OCH3 is 1. The van der Waals surface area contributed by atoms with Crippen LogP contribution in [0.15, 0.2) is 23.1 Å². The van der Waals surface area contributed by atoms with Crippen LogP contribution in [0.3, 0.4) is 0 Å². The Hall–Kier alpha value is -1.35. The molecule has 1 aromatic rings. The summed E-state index contributed by atoms with van der Waals surface area (Å²) in [7, 11) is -2.30. The van der Waals surface area contributed by atoms with Crippen molar-refractivity contribution in [2.75, 3.05) is 33.3 Å². The third-order valence-electron chi connectivity index (χ3n) is 5.00. The number of halogens is 1. The molecule has 7 nitrogen and oxygen atoms in total. The highest BCUT2D eigenvalue weighted by Gasteiger charge is 2.27. The number of nitrogens with one attached hydrogen (secondary N) is 2. The molecule has 0 bridgehead atoms. The summed E-state index contributed by atoms with van der Waals surface area (Å²) >= 11 is 0. The lowest BCUT2D eigenvalue weighted by molar-refractivity contribution is 0.0766. The predicted octanol–water partition coefficient (Wildman–Crippen LogP) is 1.77. The fourth-order valence-corrected chi connectivity index (χ4v) is 5.08. The van der Waals surface area contributed by atoms with Gasteiger partial charge in [-0.1, -0.05) is 12.8 Å². The van der Waals surface area contributed by atoms with Gasteiger partial charge in [-0.25, -0.2) is 13.1 Å². The number of carbonyl (C=O) groups excluding carboxylic acids is 1. The highest BCUT2D eigenvalue weighted by Crippen LogP contribution is 2.27. The molecule has 0 spiro atoms. The van der Waals surface area contributed by atoms with E-state index < -0.39 is 10.0 Å². The van der Waals surface area contributed by atoms with E-state index in [0.717, 1.165) is 45.2 Å². The maximum absolute atomic E-state index is 12.8. The van der Waals surface area contributed by atoms with Crippen LogP contribution in [0.1, 0.15) is 42.5 Å². The van der Waals surface area contributed by atoms with Gasteiger partial charge in [0.1, 0.15) is 10.6 Å². The molecule has 152 valence electrons. The Morgan fingerprint density at radius 3 is 2.63 bits per heavy atom. The summed E-state index contributed by atoms with van der Waals surface area (Å²) in [6, 6.07) is 4.60. The Morgan fingerprint density at radius 2 is 1.93 bits per heavy atom. The van der Waals surface area contributed by atoms with Gasteiger partial charge in [0.2, 0.25) is 10.0 Å². The van der Waals surface area contributed by atoms with Crippen LogP contribution in [0.5, 0.6) is 5.75 Å². The second kappa shape index (κ2) is 9.73. The zero-order valence-corrected chi connectivity index (χ0v) is 17.2. The third-order valence-corrected chi connectivity index (χ3v) is 6.55. The van der Waals surface area contributed by atoms with E-state index in [1.807, 2.05) is 0 Å². The quantitative estimate of drug-likeness (QED) is 0.762. The number of nitrogens with zero attached hydrogens (tertiary/aromatic N) is 1. The van der Waals surface area contributed by atoms with Crippen molar-refractivity contribution in [1.82, 2.24) is 14.9 Å². The number of hydrogen-bond acceptors (Lipinski definition) is 5. The van der Waals surface area contributed by atoms with Crippen LogP contribution in [0.25, 0.3) is 0 Å². The number of carbonyl (C=O) groups is 1. The van der Waals surface area contributed by atoms with Crippen molar-refractivity contribution in [2.24, 2.45) is 0 Å². The van der Waals surface area contributed by atoms with Crippen LogP contribution in [-0.4, -0.2) is 58.6 Å². The van der Waals surface area contributed by atoms with E-state index in [1.54, 1.807) is 17.0 Å². The molecule has 2 fully saturated rings. The topological polar surface area (TPSA) is 87.7 Å². The molecule has 27 heavy (non-hydrogen) atoms. The number of amides is 1. The van der Waals surface area contributed by atoms with Gasteiger partial charge in [-0.05, 0) is 44.0 Å². The number of sulfonamides is 1. The lowest BCUT2D eigenvalue weighted by Gasteiger charge is -2.21. The van der Waals surface area contributed by atoms with E-state index in [1.165, 1.54) is 13.2 Å². The average molecular weight is 418 g/mol. The zero-order valence-electron chi connectivity index (χ0n) is 15.6.